The summed E-state index contributed by atoms with van der Waals surface area (Å²) in [6.07, 6.45) is 0. The van der Waals surface area contributed by atoms with E-state index in [-0.39, 0.29) is 30.5 Å². The Morgan fingerprint density at radius 2 is 1.88 bits per heavy atom. The lowest BCUT2D eigenvalue weighted by molar-refractivity contribution is 0.0923. The molecule has 0 unspecified atom stereocenters. The molecule has 134 valence electrons. The predicted octanol–water partition coefficient (Wildman–Crippen LogP) is 1.32. The highest BCUT2D eigenvalue weighted by molar-refractivity contribution is 6.01. The number of H-pyrrole nitrogens is 1. The molecule has 0 aliphatic rings. The van der Waals surface area contributed by atoms with E-state index in [1.165, 1.54) is 4.57 Å². The summed E-state index contributed by atoms with van der Waals surface area (Å²) in [4.78, 5) is 40.4. The number of hydrogen-bond acceptors (Lipinski definition) is 5. The fourth-order valence-corrected chi connectivity index (χ4v) is 2.71. The Bertz CT molecular complexity index is 881. The first kappa shape index (κ1) is 18.7. The van der Waals surface area contributed by atoms with Crippen LogP contribution in [-0.2, 0) is 6.54 Å². The van der Waals surface area contributed by atoms with Crippen LogP contribution >= 0.6 is 0 Å². The Hall–Kier alpha value is -2.67. The van der Waals surface area contributed by atoms with Crippen LogP contribution in [0.25, 0.3) is 0 Å². The van der Waals surface area contributed by atoms with Crippen molar-refractivity contribution >= 4 is 11.6 Å². The van der Waals surface area contributed by atoms with Crippen LogP contribution in [-0.4, -0.2) is 33.8 Å². The van der Waals surface area contributed by atoms with Crippen molar-refractivity contribution in [2.24, 2.45) is 0 Å². The van der Waals surface area contributed by atoms with Crippen molar-refractivity contribution in [3.8, 4) is 0 Å². The number of aromatic amines is 1. The molecule has 0 saturated heterocycles. The zero-order valence-electron chi connectivity index (χ0n) is 15.0. The molecule has 1 aromatic heterocycles. The average Bonchev–Trinajstić information content (AvgIpc) is 2.54. The summed E-state index contributed by atoms with van der Waals surface area (Å²) in [6.45, 7) is 6.01. The minimum atomic E-state index is -0.742. The number of nitrogens with two attached hydrogens (primary N) is 1. The van der Waals surface area contributed by atoms with Gasteiger partial charge in [0, 0.05) is 12.6 Å². The minimum absolute atomic E-state index is 0.0121. The smallest absolute Gasteiger partial charge is 0.329 e. The van der Waals surface area contributed by atoms with E-state index >= 15 is 0 Å². The van der Waals surface area contributed by atoms with Gasteiger partial charge in [-0.15, -0.1) is 0 Å². The molecule has 7 heteroatoms. The van der Waals surface area contributed by atoms with E-state index in [4.69, 9.17) is 5.73 Å². The number of carbonyl (C=O) groups is 1. The number of hydrogen-bond donors (Lipinski definition) is 2. The van der Waals surface area contributed by atoms with Gasteiger partial charge in [-0.2, -0.15) is 0 Å². The van der Waals surface area contributed by atoms with Crippen LogP contribution in [0, 0.1) is 6.92 Å². The molecule has 2 rings (SSSR count). The summed E-state index contributed by atoms with van der Waals surface area (Å²) in [5, 5.41) is 0. The fourth-order valence-electron chi connectivity index (χ4n) is 2.71. The lowest BCUT2D eigenvalue weighted by Gasteiger charge is -2.24. The molecule has 0 amide bonds. The van der Waals surface area contributed by atoms with Crippen LogP contribution in [0.5, 0.6) is 0 Å². The van der Waals surface area contributed by atoms with Crippen LogP contribution in [0.15, 0.2) is 33.9 Å². The summed E-state index contributed by atoms with van der Waals surface area (Å²) in [6, 6.07) is 8.04. The normalized spacial score (nSPS) is 12.4. The van der Waals surface area contributed by atoms with Gasteiger partial charge in [0.2, 0.25) is 0 Å². The third-order valence-electron chi connectivity index (χ3n) is 4.45. The number of nitrogens with one attached hydrogen (secondary N) is 1. The van der Waals surface area contributed by atoms with Crippen molar-refractivity contribution in [3.63, 3.8) is 0 Å². The number of Topliss-reactive ketones (excluding diaryl/α,β-unsaturated/α-hetero) is 1. The summed E-state index contributed by atoms with van der Waals surface area (Å²) < 4.78 is 1.18. The average molecular weight is 344 g/mol. The minimum Gasteiger partial charge on any atom is -0.384 e. The van der Waals surface area contributed by atoms with Gasteiger partial charge in [0.1, 0.15) is 11.4 Å². The maximum absolute atomic E-state index is 12.6. The first-order chi connectivity index (χ1) is 11.8. The number of anilines is 1. The van der Waals surface area contributed by atoms with Crippen molar-refractivity contribution < 1.29 is 4.79 Å². The molecule has 1 heterocycles. The van der Waals surface area contributed by atoms with Crippen LogP contribution < -0.4 is 17.0 Å². The molecule has 1 atom stereocenters. The summed E-state index contributed by atoms with van der Waals surface area (Å²) >= 11 is 0. The van der Waals surface area contributed by atoms with Gasteiger partial charge in [0.05, 0.1) is 6.54 Å². The van der Waals surface area contributed by atoms with E-state index in [1.807, 2.05) is 50.1 Å². The Kier molecular flexibility index (Phi) is 5.58. The highest BCUT2D eigenvalue weighted by atomic mass is 16.2. The van der Waals surface area contributed by atoms with Gasteiger partial charge < -0.3 is 5.73 Å². The van der Waals surface area contributed by atoms with E-state index < -0.39 is 17.0 Å². The maximum atomic E-state index is 12.6. The molecule has 0 aliphatic carbocycles. The molecule has 1 aromatic carbocycles. The summed E-state index contributed by atoms with van der Waals surface area (Å²) in [5.74, 6) is -0.500. The summed E-state index contributed by atoms with van der Waals surface area (Å²) in [7, 11) is 1.81. The SMILES string of the molecule is CCn1c(N)c(C(=O)CN(C)[C@@H](C)c2ccc(C)cc2)c(=O)[nH]c1=O. The number of nitrogens with zero attached hydrogens (tertiary/aromatic N) is 2. The molecule has 0 saturated carbocycles. The second kappa shape index (κ2) is 7.48. The van der Waals surface area contributed by atoms with Gasteiger partial charge in [0.15, 0.2) is 5.78 Å². The Morgan fingerprint density at radius 3 is 2.44 bits per heavy atom. The van der Waals surface area contributed by atoms with E-state index in [9.17, 15) is 14.4 Å². The Balaban J connectivity index is 2.26. The van der Waals surface area contributed by atoms with Crippen LogP contribution in [0.3, 0.4) is 0 Å². The standard InChI is InChI=1S/C18H24N4O3/c1-5-22-16(19)15(17(24)20-18(22)25)14(23)10-21(4)12(3)13-8-6-11(2)7-9-13/h6-9,12H,5,10,19H2,1-4H3,(H,20,24,25)/t12-/m0/s1. The van der Waals surface area contributed by atoms with Crippen molar-refractivity contribution in [1.82, 2.24) is 14.5 Å². The lowest BCUT2D eigenvalue weighted by Crippen LogP contribution is -2.38. The molecular formula is C18H24N4O3. The van der Waals surface area contributed by atoms with Crippen molar-refractivity contribution in [3.05, 3.63) is 61.8 Å². The Labute approximate surface area is 146 Å². The first-order valence-electron chi connectivity index (χ1n) is 8.18. The first-order valence-corrected chi connectivity index (χ1v) is 8.18. The molecule has 7 nitrogen and oxygen atoms in total. The van der Waals surface area contributed by atoms with Crippen LogP contribution in [0.2, 0.25) is 0 Å². The maximum Gasteiger partial charge on any atom is 0.329 e. The molecular weight excluding hydrogens is 320 g/mol. The molecule has 0 bridgehead atoms. The quantitative estimate of drug-likeness (QED) is 0.770. The van der Waals surface area contributed by atoms with E-state index in [0.717, 1.165) is 11.1 Å². The number of aryl methyl sites for hydroxylation is 1. The van der Waals surface area contributed by atoms with Crippen LogP contribution in [0.1, 0.15) is 41.4 Å². The van der Waals surface area contributed by atoms with Gasteiger partial charge in [-0.25, -0.2) is 4.79 Å². The molecule has 0 radical (unpaired) electrons. The van der Waals surface area contributed by atoms with Crippen molar-refractivity contribution in [2.75, 3.05) is 19.3 Å². The second-order valence-corrected chi connectivity index (χ2v) is 6.19. The molecule has 25 heavy (non-hydrogen) atoms. The third-order valence-corrected chi connectivity index (χ3v) is 4.45. The van der Waals surface area contributed by atoms with Crippen LogP contribution in [0.4, 0.5) is 5.82 Å². The lowest BCUT2D eigenvalue weighted by atomic mass is 10.0. The van der Waals surface area contributed by atoms with Gasteiger partial charge in [-0.1, -0.05) is 29.8 Å². The van der Waals surface area contributed by atoms with Crippen molar-refractivity contribution in [1.29, 1.82) is 0 Å². The molecule has 0 fully saturated rings. The zero-order chi connectivity index (χ0) is 18.7. The van der Waals surface area contributed by atoms with Gasteiger partial charge in [-0.3, -0.25) is 24.0 Å². The van der Waals surface area contributed by atoms with Gasteiger partial charge in [-0.05, 0) is 33.4 Å². The third kappa shape index (κ3) is 3.88. The number of nitrogen functional groups attached to an aromatic ring is 1. The monoisotopic (exact) mass is 344 g/mol. The zero-order valence-corrected chi connectivity index (χ0v) is 15.0. The largest absolute Gasteiger partial charge is 0.384 e. The van der Waals surface area contributed by atoms with E-state index in [0.29, 0.717) is 0 Å². The number of ketones is 1. The molecule has 0 spiro atoms. The molecule has 2 aromatic rings. The van der Waals surface area contributed by atoms with Crippen molar-refractivity contribution in [2.45, 2.75) is 33.4 Å². The predicted molar refractivity (Wildman–Crippen MR) is 98.0 cm³/mol. The number of likely N-dealkylation sites (N-methyl/N-ethyl adjacent to an activating group) is 1. The summed E-state index contributed by atoms with van der Waals surface area (Å²) in [5.41, 5.74) is 6.60. The molecule has 3 N–H and O–H groups in total. The molecule has 0 aliphatic heterocycles. The second-order valence-electron chi connectivity index (χ2n) is 6.19. The topological polar surface area (TPSA) is 101 Å². The number of carbonyl (C=O) groups excluding carboxylic acids is 1. The number of rotatable bonds is 6. The van der Waals surface area contributed by atoms with E-state index in [1.54, 1.807) is 6.92 Å². The van der Waals surface area contributed by atoms with E-state index in [2.05, 4.69) is 4.98 Å². The Morgan fingerprint density at radius 1 is 1.28 bits per heavy atom. The number of aromatic nitrogens is 2. The number of benzene rings is 1. The fraction of sp³-hybridized carbons (Fsp3) is 0.389. The highest BCUT2D eigenvalue weighted by Gasteiger charge is 2.22. The highest BCUT2D eigenvalue weighted by Crippen LogP contribution is 2.19. The van der Waals surface area contributed by atoms with Gasteiger partial charge >= 0.3 is 5.69 Å². The van der Waals surface area contributed by atoms with Gasteiger partial charge in [0.25, 0.3) is 5.56 Å².